The normalized spacial score (nSPS) is 20.3. The first-order valence-electron chi connectivity index (χ1n) is 7.92. The zero-order chi connectivity index (χ0) is 15.5. The van der Waals surface area contributed by atoms with Crippen molar-refractivity contribution >= 4 is 22.5 Å². The van der Waals surface area contributed by atoms with Crippen molar-refractivity contribution in [2.45, 2.75) is 25.8 Å². The average Bonchev–Trinajstić information content (AvgIpc) is 3.01. The standard InChI is InChI=1S/C15H24N4O2S/c1-12-11-16-14(22-12)18-5-3-13(4-6-18)17(2)15(20)19-7-9-21-10-8-19/h11,13H,3-10H2,1-2H3. The Bertz CT molecular complexity index is 507. The molecule has 0 N–H and O–H groups in total. The zero-order valence-corrected chi connectivity index (χ0v) is 14.1. The number of morpholine rings is 1. The third-order valence-electron chi connectivity index (χ3n) is 4.48. The lowest BCUT2D eigenvalue weighted by molar-refractivity contribution is 0.0409. The van der Waals surface area contributed by atoms with Gasteiger partial charge >= 0.3 is 6.03 Å². The van der Waals surface area contributed by atoms with Gasteiger partial charge in [-0.25, -0.2) is 9.78 Å². The summed E-state index contributed by atoms with van der Waals surface area (Å²) >= 11 is 1.75. The van der Waals surface area contributed by atoms with Crippen LogP contribution in [0.15, 0.2) is 6.20 Å². The Kier molecular flexibility index (Phi) is 4.83. The second-order valence-electron chi connectivity index (χ2n) is 5.96. The molecule has 1 aromatic rings. The van der Waals surface area contributed by atoms with Gasteiger partial charge in [0, 0.05) is 50.3 Å². The van der Waals surface area contributed by atoms with Crippen molar-refractivity contribution in [1.29, 1.82) is 0 Å². The average molecular weight is 324 g/mol. The van der Waals surface area contributed by atoms with Crippen molar-refractivity contribution in [2.75, 3.05) is 51.3 Å². The van der Waals surface area contributed by atoms with Gasteiger partial charge < -0.3 is 19.4 Å². The molecule has 2 amide bonds. The number of ether oxygens (including phenoxy) is 1. The largest absolute Gasteiger partial charge is 0.378 e. The van der Waals surface area contributed by atoms with E-state index < -0.39 is 0 Å². The van der Waals surface area contributed by atoms with Crippen LogP contribution in [0.4, 0.5) is 9.93 Å². The van der Waals surface area contributed by atoms with Gasteiger partial charge in [0.25, 0.3) is 0 Å². The molecule has 3 rings (SSSR count). The summed E-state index contributed by atoms with van der Waals surface area (Å²) in [4.78, 5) is 24.4. The van der Waals surface area contributed by atoms with Crippen LogP contribution in [0.25, 0.3) is 0 Å². The molecule has 2 aliphatic heterocycles. The molecule has 3 heterocycles. The van der Waals surface area contributed by atoms with Crippen LogP contribution >= 0.6 is 11.3 Å². The van der Waals surface area contributed by atoms with Crippen molar-refractivity contribution in [3.63, 3.8) is 0 Å². The van der Waals surface area contributed by atoms with Crippen LogP contribution in [-0.2, 0) is 4.74 Å². The highest BCUT2D eigenvalue weighted by Gasteiger charge is 2.29. The van der Waals surface area contributed by atoms with E-state index in [9.17, 15) is 4.79 Å². The smallest absolute Gasteiger partial charge is 0.320 e. The second kappa shape index (κ2) is 6.83. The number of aromatic nitrogens is 1. The van der Waals surface area contributed by atoms with E-state index in [1.54, 1.807) is 11.3 Å². The molecule has 0 saturated carbocycles. The molecule has 22 heavy (non-hydrogen) atoms. The van der Waals surface area contributed by atoms with Crippen molar-refractivity contribution < 1.29 is 9.53 Å². The van der Waals surface area contributed by atoms with Crippen molar-refractivity contribution in [1.82, 2.24) is 14.8 Å². The van der Waals surface area contributed by atoms with Crippen molar-refractivity contribution in [2.24, 2.45) is 0 Å². The lowest BCUT2D eigenvalue weighted by Gasteiger charge is -2.39. The number of thiazole rings is 1. The number of aryl methyl sites for hydroxylation is 1. The number of anilines is 1. The lowest BCUT2D eigenvalue weighted by Crippen LogP contribution is -2.52. The molecule has 0 aromatic carbocycles. The van der Waals surface area contributed by atoms with E-state index in [1.807, 2.05) is 23.0 Å². The number of amides is 2. The van der Waals surface area contributed by atoms with Crippen LogP contribution in [0.3, 0.4) is 0 Å². The Hall–Kier alpha value is -1.34. The Morgan fingerprint density at radius 1 is 1.32 bits per heavy atom. The molecule has 2 aliphatic rings. The summed E-state index contributed by atoms with van der Waals surface area (Å²) in [5, 5.41) is 1.11. The van der Waals surface area contributed by atoms with E-state index in [-0.39, 0.29) is 6.03 Å². The minimum atomic E-state index is 0.145. The monoisotopic (exact) mass is 324 g/mol. The highest BCUT2D eigenvalue weighted by Crippen LogP contribution is 2.26. The molecule has 0 bridgehead atoms. The number of nitrogens with zero attached hydrogens (tertiary/aromatic N) is 4. The Morgan fingerprint density at radius 2 is 2.00 bits per heavy atom. The maximum Gasteiger partial charge on any atom is 0.320 e. The van der Waals surface area contributed by atoms with Crippen LogP contribution in [0.1, 0.15) is 17.7 Å². The fourth-order valence-corrected chi connectivity index (χ4v) is 3.88. The van der Waals surface area contributed by atoms with Crippen LogP contribution in [-0.4, -0.2) is 73.3 Å². The number of piperidine rings is 1. The summed E-state index contributed by atoms with van der Waals surface area (Å²) in [6, 6.07) is 0.472. The minimum absolute atomic E-state index is 0.145. The summed E-state index contributed by atoms with van der Waals surface area (Å²) in [6.07, 6.45) is 3.94. The third kappa shape index (κ3) is 3.35. The molecule has 0 radical (unpaired) electrons. The first kappa shape index (κ1) is 15.6. The van der Waals surface area contributed by atoms with Crippen LogP contribution in [0, 0.1) is 6.92 Å². The van der Waals surface area contributed by atoms with Crippen LogP contribution in [0.2, 0.25) is 0 Å². The van der Waals surface area contributed by atoms with Gasteiger partial charge in [-0.1, -0.05) is 0 Å². The first-order chi connectivity index (χ1) is 10.6. The predicted octanol–water partition coefficient (Wildman–Crippen LogP) is 1.80. The van der Waals surface area contributed by atoms with E-state index in [0.29, 0.717) is 32.3 Å². The third-order valence-corrected chi connectivity index (χ3v) is 5.45. The van der Waals surface area contributed by atoms with E-state index in [0.717, 1.165) is 31.1 Å². The molecule has 6 nitrogen and oxygen atoms in total. The molecule has 0 spiro atoms. The lowest BCUT2D eigenvalue weighted by atomic mass is 10.0. The second-order valence-corrected chi connectivity index (χ2v) is 7.18. The minimum Gasteiger partial charge on any atom is -0.378 e. The van der Waals surface area contributed by atoms with Gasteiger partial charge in [0.1, 0.15) is 0 Å². The fraction of sp³-hybridized carbons (Fsp3) is 0.733. The van der Waals surface area contributed by atoms with Gasteiger partial charge in [-0.05, 0) is 19.8 Å². The van der Waals surface area contributed by atoms with Crippen molar-refractivity contribution in [3.05, 3.63) is 11.1 Å². The number of carbonyl (C=O) groups is 1. The maximum atomic E-state index is 12.5. The zero-order valence-electron chi connectivity index (χ0n) is 13.3. The SMILES string of the molecule is Cc1cnc(N2CCC(N(C)C(=O)N3CCOCC3)CC2)s1. The fourth-order valence-electron chi connectivity index (χ4n) is 3.07. The Balaban J connectivity index is 1.53. The predicted molar refractivity (Wildman–Crippen MR) is 87.6 cm³/mol. The molecule has 0 aliphatic carbocycles. The highest BCUT2D eigenvalue weighted by molar-refractivity contribution is 7.15. The van der Waals surface area contributed by atoms with Gasteiger partial charge in [-0.15, -0.1) is 11.3 Å². The number of carbonyl (C=O) groups excluding carboxylic acids is 1. The van der Waals surface area contributed by atoms with E-state index in [2.05, 4.69) is 16.8 Å². The van der Waals surface area contributed by atoms with Crippen LogP contribution < -0.4 is 4.90 Å². The van der Waals surface area contributed by atoms with Gasteiger partial charge in [-0.3, -0.25) is 0 Å². The molecule has 7 heteroatoms. The summed E-state index contributed by atoms with van der Waals surface area (Å²) in [6.45, 7) is 6.75. The van der Waals surface area contributed by atoms with E-state index in [1.165, 1.54) is 4.88 Å². The first-order valence-corrected chi connectivity index (χ1v) is 8.73. The molecular formula is C15H24N4O2S. The Morgan fingerprint density at radius 3 is 2.59 bits per heavy atom. The van der Waals surface area contributed by atoms with E-state index in [4.69, 9.17) is 4.74 Å². The Labute approximate surface area is 135 Å². The molecule has 2 fully saturated rings. The van der Waals surface area contributed by atoms with Crippen molar-refractivity contribution in [3.8, 4) is 0 Å². The molecule has 0 unspecified atom stereocenters. The maximum absolute atomic E-state index is 12.5. The number of hydrogen-bond donors (Lipinski definition) is 0. The quantitative estimate of drug-likeness (QED) is 0.832. The molecule has 1 aromatic heterocycles. The van der Waals surface area contributed by atoms with Gasteiger partial charge in [0.15, 0.2) is 5.13 Å². The molecule has 2 saturated heterocycles. The van der Waals surface area contributed by atoms with Gasteiger partial charge in [0.2, 0.25) is 0 Å². The van der Waals surface area contributed by atoms with Gasteiger partial charge in [-0.2, -0.15) is 0 Å². The summed E-state index contributed by atoms with van der Waals surface area (Å²) in [5.74, 6) is 0. The molecular weight excluding hydrogens is 300 g/mol. The number of urea groups is 1. The van der Waals surface area contributed by atoms with Crippen LogP contribution in [0.5, 0.6) is 0 Å². The summed E-state index contributed by atoms with van der Waals surface area (Å²) in [7, 11) is 1.94. The number of rotatable bonds is 2. The topological polar surface area (TPSA) is 48.9 Å². The number of hydrogen-bond acceptors (Lipinski definition) is 5. The van der Waals surface area contributed by atoms with E-state index >= 15 is 0 Å². The molecule has 122 valence electrons. The van der Waals surface area contributed by atoms with Gasteiger partial charge in [0.05, 0.1) is 13.2 Å². The highest BCUT2D eigenvalue weighted by atomic mass is 32.1. The summed E-state index contributed by atoms with van der Waals surface area (Å²) in [5.41, 5.74) is 0. The summed E-state index contributed by atoms with van der Waals surface area (Å²) < 4.78 is 5.32. The molecule has 0 atom stereocenters.